The molecule has 0 spiro atoms. The van der Waals surface area contributed by atoms with E-state index in [2.05, 4.69) is 22.4 Å². The lowest BCUT2D eigenvalue weighted by Gasteiger charge is -2.38. The first kappa shape index (κ1) is 15.6. The van der Waals surface area contributed by atoms with Crippen molar-refractivity contribution in [1.82, 2.24) is 10.3 Å². The highest BCUT2D eigenvalue weighted by Crippen LogP contribution is 2.39. The molecule has 4 rings (SSSR count). The third-order valence-corrected chi connectivity index (χ3v) is 5.62. The van der Waals surface area contributed by atoms with Gasteiger partial charge in [-0.2, -0.15) is 0 Å². The summed E-state index contributed by atoms with van der Waals surface area (Å²) in [6.07, 6.45) is 7.47. The normalized spacial score (nSPS) is 25.4. The predicted octanol–water partition coefficient (Wildman–Crippen LogP) is 3.35. The van der Waals surface area contributed by atoms with Crippen LogP contribution in [0.2, 0.25) is 0 Å². The van der Waals surface area contributed by atoms with E-state index in [1.165, 1.54) is 0 Å². The minimum absolute atomic E-state index is 0.0430. The second-order valence-corrected chi connectivity index (χ2v) is 7.31. The van der Waals surface area contributed by atoms with Crippen LogP contribution in [-0.2, 0) is 4.79 Å². The number of aromatic nitrogens is 1. The number of carbonyl (C=O) groups excluding carboxylic acids is 1. The van der Waals surface area contributed by atoms with Crippen molar-refractivity contribution in [3.05, 3.63) is 42.1 Å². The molecule has 1 aromatic carbocycles. The van der Waals surface area contributed by atoms with Crippen LogP contribution >= 0.6 is 0 Å². The van der Waals surface area contributed by atoms with Crippen LogP contribution in [0.3, 0.4) is 0 Å². The summed E-state index contributed by atoms with van der Waals surface area (Å²) < 4.78 is 0. The summed E-state index contributed by atoms with van der Waals surface area (Å²) in [7, 11) is 0. The van der Waals surface area contributed by atoms with E-state index in [-0.39, 0.29) is 24.0 Å². The van der Waals surface area contributed by atoms with E-state index in [0.29, 0.717) is 5.92 Å². The number of hydrogen-bond acceptors (Lipinski definition) is 3. The Hall–Kier alpha value is -1.94. The van der Waals surface area contributed by atoms with Gasteiger partial charge in [0.1, 0.15) is 0 Å². The van der Waals surface area contributed by atoms with Crippen LogP contribution < -0.4 is 5.32 Å². The van der Waals surface area contributed by atoms with Gasteiger partial charge in [-0.3, -0.25) is 9.78 Å². The Morgan fingerprint density at radius 1 is 1.21 bits per heavy atom. The van der Waals surface area contributed by atoms with E-state index in [0.717, 1.165) is 55.0 Å². The average Bonchev–Trinajstić information content (AvgIpc) is 3.11. The van der Waals surface area contributed by atoms with Crippen LogP contribution in [0.1, 0.15) is 50.1 Å². The number of fused-ring (bicyclic) bond motifs is 1. The molecular weight excluding hydrogens is 300 g/mol. The second kappa shape index (κ2) is 6.52. The fourth-order valence-electron chi connectivity index (χ4n) is 4.09. The van der Waals surface area contributed by atoms with Gasteiger partial charge in [0, 0.05) is 17.5 Å². The van der Waals surface area contributed by atoms with Crippen molar-refractivity contribution in [2.45, 2.75) is 50.7 Å². The van der Waals surface area contributed by atoms with Crippen LogP contribution in [-0.4, -0.2) is 22.1 Å². The molecule has 1 amide bonds. The lowest BCUT2D eigenvalue weighted by Crippen LogP contribution is -2.43. The van der Waals surface area contributed by atoms with Crippen molar-refractivity contribution in [1.29, 1.82) is 0 Å². The van der Waals surface area contributed by atoms with Gasteiger partial charge in [0.25, 0.3) is 0 Å². The van der Waals surface area contributed by atoms with E-state index >= 15 is 0 Å². The molecule has 1 atom stereocenters. The summed E-state index contributed by atoms with van der Waals surface area (Å²) in [5.41, 5.74) is 2.02. The standard InChI is InChI=1S/C20H24N2O2/c23-17-10-15(11-17)19(22-20(24)13-5-1-2-6-13)16-9-14-7-3-4-8-18(14)21-12-16/h3-4,7-9,12-13,15,17,19,23H,1-2,5-6,10-11H2,(H,22,24)/t15?,17?,19-/m0/s1. The Balaban J connectivity index is 1.59. The molecule has 4 nitrogen and oxygen atoms in total. The molecule has 126 valence electrons. The van der Waals surface area contributed by atoms with Crippen molar-refractivity contribution in [2.75, 3.05) is 0 Å². The molecule has 4 heteroatoms. The molecule has 0 unspecified atom stereocenters. The maximum absolute atomic E-state index is 12.6. The first-order valence-corrected chi connectivity index (χ1v) is 9.04. The molecule has 2 aromatic rings. The third-order valence-electron chi connectivity index (χ3n) is 5.62. The Labute approximate surface area is 142 Å². The highest BCUT2D eigenvalue weighted by molar-refractivity contribution is 5.81. The second-order valence-electron chi connectivity index (χ2n) is 7.31. The number of carbonyl (C=O) groups is 1. The van der Waals surface area contributed by atoms with Gasteiger partial charge < -0.3 is 10.4 Å². The topological polar surface area (TPSA) is 62.2 Å². The Bertz CT molecular complexity index is 733. The number of nitrogens with zero attached hydrogens (tertiary/aromatic N) is 1. The van der Waals surface area contributed by atoms with Gasteiger partial charge in [0.15, 0.2) is 0 Å². The van der Waals surface area contributed by atoms with Crippen molar-refractivity contribution in [2.24, 2.45) is 11.8 Å². The predicted molar refractivity (Wildman–Crippen MR) is 93.3 cm³/mol. The summed E-state index contributed by atoms with van der Waals surface area (Å²) in [6.45, 7) is 0. The largest absolute Gasteiger partial charge is 0.393 e. The van der Waals surface area contributed by atoms with Crippen molar-refractivity contribution in [3.8, 4) is 0 Å². The molecule has 0 bridgehead atoms. The molecule has 2 aliphatic carbocycles. The number of pyridine rings is 1. The van der Waals surface area contributed by atoms with Gasteiger partial charge >= 0.3 is 0 Å². The number of aliphatic hydroxyl groups is 1. The summed E-state index contributed by atoms with van der Waals surface area (Å²) in [4.78, 5) is 17.2. The highest BCUT2D eigenvalue weighted by Gasteiger charge is 2.37. The van der Waals surface area contributed by atoms with Crippen molar-refractivity contribution < 1.29 is 9.90 Å². The number of benzene rings is 1. The van der Waals surface area contributed by atoms with Gasteiger partial charge in [0.05, 0.1) is 17.7 Å². The van der Waals surface area contributed by atoms with E-state index in [4.69, 9.17) is 0 Å². The highest BCUT2D eigenvalue weighted by atomic mass is 16.3. The monoisotopic (exact) mass is 324 g/mol. The van der Waals surface area contributed by atoms with Crippen molar-refractivity contribution >= 4 is 16.8 Å². The molecule has 2 N–H and O–H groups in total. The molecule has 24 heavy (non-hydrogen) atoms. The van der Waals surface area contributed by atoms with Crippen molar-refractivity contribution in [3.63, 3.8) is 0 Å². The van der Waals surface area contributed by atoms with E-state index in [1.54, 1.807) is 0 Å². The van der Waals surface area contributed by atoms with Gasteiger partial charge in [-0.15, -0.1) is 0 Å². The number of rotatable bonds is 4. The maximum Gasteiger partial charge on any atom is 0.223 e. The molecule has 2 aliphatic rings. The fraction of sp³-hybridized carbons (Fsp3) is 0.500. The number of hydrogen-bond donors (Lipinski definition) is 2. The first-order chi connectivity index (χ1) is 11.7. The Morgan fingerprint density at radius 3 is 2.71 bits per heavy atom. The lowest BCUT2D eigenvalue weighted by atomic mass is 9.75. The maximum atomic E-state index is 12.6. The molecule has 0 aliphatic heterocycles. The lowest BCUT2D eigenvalue weighted by molar-refractivity contribution is -0.126. The van der Waals surface area contributed by atoms with E-state index in [9.17, 15) is 9.90 Å². The van der Waals surface area contributed by atoms with Crippen LogP contribution in [0.5, 0.6) is 0 Å². The summed E-state index contributed by atoms with van der Waals surface area (Å²) in [5, 5.41) is 14.1. The zero-order valence-electron chi connectivity index (χ0n) is 13.8. The van der Waals surface area contributed by atoms with Crippen LogP contribution in [0, 0.1) is 11.8 Å². The summed E-state index contributed by atoms with van der Waals surface area (Å²) >= 11 is 0. The zero-order valence-corrected chi connectivity index (χ0v) is 13.8. The Morgan fingerprint density at radius 2 is 1.96 bits per heavy atom. The molecule has 2 saturated carbocycles. The Kier molecular flexibility index (Phi) is 4.23. The quantitative estimate of drug-likeness (QED) is 0.906. The third kappa shape index (κ3) is 3.03. The number of aliphatic hydroxyl groups excluding tert-OH is 1. The average molecular weight is 324 g/mol. The summed E-state index contributed by atoms with van der Waals surface area (Å²) in [6, 6.07) is 10.1. The van der Waals surface area contributed by atoms with Gasteiger partial charge in [-0.1, -0.05) is 31.0 Å². The molecule has 0 saturated heterocycles. The molecular formula is C20H24N2O2. The minimum Gasteiger partial charge on any atom is -0.393 e. The van der Waals surface area contributed by atoms with Crippen LogP contribution in [0.4, 0.5) is 0 Å². The first-order valence-electron chi connectivity index (χ1n) is 9.04. The zero-order chi connectivity index (χ0) is 16.5. The van der Waals surface area contributed by atoms with Gasteiger partial charge in [-0.05, 0) is 49.3 Å². The van der Waals surface area contributed by atoms with Gasteiger partial charge in [0.2, 0.25) is 5.91 Å². The molecule has 2 fully saturated rings. The van der Waals surface area contributed by atoms with Gasteiger partial charge in [-0.25, -0.2) is 0 Å². The molecule has 0 radical (unpaired) electrons. The fourth-order valence-corrected chi connectivity index (χ4v) is 4.09. The SMILES string of the molecule is O=C(N[C@H](c1cnc2ccccc2c1)C1CC(O)C1)C1CCCC1. The van der Waals surface area contributed by atoms with E-state index in [1.807, 2.05) is 24.4 Å². The minimum atomic E-state index is -0.228. The molecule has 1 aromatic heterocycles. The number of amides is 1. The van der Waals surface area contributed by atoms with Crippen LogP contribution in [0.15, 0.2) is 36.5 Å². The molecule has 1 heterocycles. The van der Waals surface area contributed by atoms with E-state index < -0.39 is 0 Å². The van der Waals surface area contributed by atoms with Crippen LogP contribution in [0.25, 0.3) is 10.9 Å². The number of nitrogens with one attached hydrogen (secondary N) is 1. The number of para-hydroxylation sites is 1. The smallest absolute Gasteiger partial charge is 0.223 e. The summed E-state index contributed by atoms with van der Waals surface area (Å²) in [5.74, 6) is 0.631.